The van der Waals surface area contributed by atoms with Gasteiger partial charge in [-0.15, -0.1) is 0 Å². The van der Waals surface area contributed by atoms with E-state index in [1.165, 1.54) is 0 Å². The summed E-state index contributed by atoms with van der Waals surface area (Å²) in [6.07, 6.45) is 0.190. The molecule has 114 valence electrons. The van der Waals surface area contributed by atoms with Crippen molar-refractivity contribution in [1.29, 1.82) is 0 Å². The molecule has 0 saturated carbocycles. The van der Waals surface area contributed by atoms with Crippen LogP contribution in [0.3, 0.4) is 0 Å². The van der Waals surface area contributed by atoms with Gasteiger partial charge < -0.3 is 26.2 Å². The molecule has 1 aliphatic rings. The lowest BCUT2D eigenvalue weighted by Crippen LogP contribution is -2.47. The molecule has 2 atom stereocenters. The van der Waals surface area contributed by atoms with Gasteiger partial charge in [-0.25, -0.2) is 4.79 Å². The Labute approximate surface area is 122 Å². The van der Waals surface area contributed by atoms with Crippen molar-refractivity contribution >= 4 is 17.6 Å². The molecular weight excluding hydrogens is 274 g/mol. The number of carbonyl (C=O) groups excluding carboxylic acids is 2. The number of primary amides is 1. The number of nitrogens with one attached hydrogen (secondary N) is 2. The van der Waals surface area contributed by atoms with Crippen LogP contribution in [0, 0.1) is 0 Å². The summed E-state index contributed by atoms with van der Waals surface area (Å²) in [5.74, 6) is -0.298. The average Bonchev–Trinajstić information content (AvgIpc) is 2.77. The van der Waals surface area contributed by atoms with Crippen LogP contribution in [0.4, 0.5) is 10.5 Å². The van der Waals surface area contributed by atoms with Gasteiger partial charge in [0.2, 0.25) is 0 Å². The molecule has 1 aromatic carbocycles. The number of anilines is 1. The fourth-order valence-electron chi connectivity index (χ4n) is 2.19. The Kier molecular flexibility index (Phi) is 4.44. The van der Waals surface area contributed by atoms with E-state index >= 15 is 0 Å². The Bertz CT molecular complexity index is 532. The van der Waals surface area contributed by atoms with Crippen molar-refractivity contribution in [1.82, 2.24) is 5.32 Å². The number of urea groups is 1. The molecule has 2 unspecified atom stereocenters. The lowest BCUT2D eigenvalue weighted by Gasteiger charge is -2.26. The quantitative estimate of drug-likeness (QED) is 0.645. The van der Waals surface area contributed by atoms with Gasteiger partial charge >= 0.3 is 6.03 Å². The van der Waals surface area contributed by atoms with E-state index in [-0.39, 0.29) is 18.6 Å². The van der Waals surface area contributed by atoms with Gasteiger partial charge in [-0.05, 0) is 31.2 Å². The molecule has 0 radical (unpaired) electrons. The van der Waals surface area contributed by atoms with E-state index in [9.17, 15) is 14.7 Å². The van der Waals surface area contributed by atoms with Gasteiger partial charge in [-0.2, -0.15) is 0 Å². The van der Waals surface area contributed by atoms with E-state index in [1.54, 1.807) is 31.2 Å². The minimum atomic E-state index is -1.02. The predicted molar refractivity (Wildman–Crippen MR) is 77.0 cm³/mol. The normalized spacial score (nSPS) is 24.6. The molecule has 0 aromatic heterocycles. The largest absolute Gasteiger partial charge is 0.385 e. The highest BCUT2D eigenvalue weighted by atomic mass is 16.5. The number of nitrogens with two attached hydrogens (primary N) is 1. The van der Waals surface area contributed by atoms with Crippen LogP contribution < -0.4 is 16.4 Å². The van der Waals surface area contributed by atoms with E-state index < -0.39 is 11.6 Å². The van der Waals surface area contributed by atoms with Crippen molar-refractivity contribution in [3.05, 3.63) is 29.8 Å². The average molecular weight is 293 g/mol. The van der Waals surface area contributed by atoms with Gasteiger partial charge in [-0.3, -0.25) is 4.79 Å². The molecule has 21 heavy (non-hydrogen) atoms. The number of amides is 3. The smallest absolute Gasteiger partial charge is 0.316 e. The SMILES string of the molecule is CC1OCCC1(O)CNC(=O)c1ccc(NC(N)=O)cc1. The van der Waals surface area contributed by atoms with Crippen LogP contribution >= 0.6 is 0 Å². The molecule has 1 fully saturated rings. The highest BCUT2D eigenvalue weighted by molar-refractivity contribution is 5.95. The van der Waals surface area contributed by atoms with E-state index in [2.05, 4.69) is 10.6 Å². The fourth-order valence-corrected chi connectivity index (χ4v) is 2.19. The minimum Gasteiger partial charge on any atom is -0.385 e. The first kappa shape index (κ1) is 15.3. The fraction of sp³-hybridized carbons (Fsp3) is 0.429. The molecule has 2 rings (SSSR count). The molecule has 7 nitrogen and oxygen atoms in total. The minimum absolute atomic E-state index is 0.133. The van der Waals surface area contributed by atoms with Crippen LogP contribution in [0.25, 0.3) is 0 Å². The van der Waals surface area contributed by atoms with Crippen LogP contribution in [0.5, 0.6) is 0 Å². The van der Waals surface area contributed by atoms with Crippen molar-refractivity contribution < 1.29 is 19.4 Å². The maximum atomic E-state index is 12.0. The molecule has 0 spiro atoms. The third-order valence-corrected chi connectivity index (χ3v) is 3.63. The zero-order valence-electron chi connectivity index (χ0n) is 11.8. The van der Waals surface area contributed by atoms with E-state index in [0.29, 0.717) is 24.3 Å². The second-order valence-corrected chi connectivity index (χ2v) is 5.12. The maximum Gasteiger partial charge on any atom is 0.316 e. The van der Waals surface area contributed by atoms with E-state index in [4.69, 9.17) is 10.5 Å². The van der Waals surface area contributed by atoms with Crippen LogP contribution in [-0.2, 0) is 4.74 Å². The summed E-state index contributed by atoms with van der Waals surface area (Å²) in [5, 5.41) is 15.4. The lowest BCUT2D eigenvalue weighted by atomic mass is 9.96. The summed E-state index contributed by atoms with van der Waals surface area (Å²) < 4.78 is 5.31. The second kappa shape index (κ2) is 6.11. The first-order valence-corrected chi connectivity index (χ1v) is 6.69. The summed E-state index contributed by atoms with van der Waals surface area (Å²) in [6, 6.07) is 5.63. The van der Waals surface area contributed by atoms with Crippen molar-refractivity contribution in [3.8, 4) is 0 Å². The number of benzene rings is 1. The van der Waals surface area contributed by atoms with Crippen LogP contribution in [-0.4, -0.2) is 41.9 Å². The van der Waals surface area contributed by atoms with Gasteiger partial charge in [0.1, 0.15) is 5.60 Å². The molecule has 7 heteroatoms. The number of hydrogen-bond acceptors (Lipinski definition) is 4. The Morgan fingerprint density at radius 2 is 2.10 bits per heavy atom. The van der Waals surface area contributed by atoms with Crippen molar-refractivity contribution in [2.75, 3.05) is 18.5 Å². The van der Waals surface area contributed by atoms with Gasteiger partial charge in [0, 0.05) is 30.8 Å². The summed E-state index contributed by atoms with van der Waals surface area (Å²) in [6.45, 7) is 2.40. The number of ether oxygens (including phenoxy) is 1. The molecule has 0 aliphatic carbocycles. The number of carbonyl (C=O) groups is 2. The van der Waals surface area contributed by atoms with Gasteiger partial charge in [0.15, 0.2) is 0 Å². The first-order chi connectivity index (χ1) is 9.90. The van der Waals surface area contributed by atoms with Crippen molar-refractivity contribution in [3.63, 3.8) is 0 Å². The molecule has 5 N–H and O–H groups in total. The monoisotopic (exact) mass is 293 g/mol. The topological polar surface area (TPSA) is 114 Å². The molecule has 1 saturated heterocycles. The zero-order valence-corrected chi connectivity index (χ0v) is 11.8. The molecule has 3 amide bonds. The van der Waals surface area contributed by atoms with E-state index in [1.807, 2.05) is 0 Å². The van der Waals surface area contributed by atoms with Gasteiger partial charge in [0.05, 0.1) is 6.10 Å². The zero-order chi connectivity index (χ0) is 15.5. The van der Waals surface area contributed by atoms with Crippen molar-refractivity contribution in [2.24, 2.45) is 5.73 Å². The molecule has 1 aromatic rings. The summed E-state index contributed by atoms with van der Waals surface area (Å²) in [7, 11) is 0. The van der Waals surface area contributed by atoms with Gasteiger partial charge in [0.25, 0.3) is 5.91 Å². The summed E-state index contributed by atoms with van der Waals surface area (Å²) >= 11 is 0. The van der Waals surface area contributed by atoms with Crippen molar-refractivity contribution in [2.45, 2.75) is 25.0 Å². The molecule has 0 bridgehead atoms. The summed E-state index contributed by atoms with van der Waals surface area (Å²) in [4.78, 5) is 22.7. The number of aliphatic hydroxyl groups is 1. The Morgan fingerprint density at radius 3 is 2.62 bits per heavy atom. The number of hydrogen-bond donors (Lipinski definition) is 4. The Morgan fingerprint density at radius 1 is 1.43 bits per heavy atom. The first-order valence-electron chi connectivity index (χ1n) is 6.69. The third kappa shape index (κ3) is 3.71. The standard InChI is InChI=1S/C14H19N3O4/c1-9-14(20,6-7-21-9)8-16-12(18)10-2-4-11(5-3-10)17-13(15)19/h2-5,9,20H,6-8H2,1H3,(H,16,18)(H3,15,17,19). The molecular formula is C14H19N3O4. The van der Waals surface area contributed by atoms with Crippen LogP contribution in [0.2, 0.25) is 0 Å². The lowest BCUT2D eigenvalue weighted by molar-refractivity contribution is -0.0251. The Hall–Kier alpha value is -2.12. The molecule has 1 heterocycles. The van der Waals surface area contributed by atoms with Gasteiger partial charge in [-0.1, -0.05) is 0 Å². The summed E-state index contributed by atoms with van der Waals surface area (Å²) in [5.41, 5.74) is 4.91. The highest BCUT2D eigenvalue weighted by Crippen LogP contribution is 2.24. The highest BCUT2D eigenvalue weighted by Gasteiger charge is 2.39. The predicted octanol–water partition coefficient (Wildman–Crippen LogP) is 0.447. The second-order valence-electron chi connectivity index (χ2n) is 5.12. The maximum absolute atomic E-state index is 12.0. The third-order valence-electron chi connectivity index (χ3n) is 3.63. The van der Waals surface area contributed by atoms with Crippen LogP contribution in [0.15, 0.2) is 24.3 Å². The Balaban J connectivity index is 1.93. The van der Waals surface area contributed by atoms with E-state index in [0.717, 1.165) is 0 Å². The molecule has 1 aliphatic heterocycles. The number of rotatable bonds is 4. The van der Waals surface area contributed by atoms with Crippen LogP contribution in [0.1, 0.15) is 23.7 Å².